The maximum Gasteiger partial charge on any atom is 0.217 e. The van der Waals surface area contributed by atoms with Crippen LogP contribution in [0.1, 0.15) is 26.2 Å². The molecule has 14 heavy (non-hydrogen) atoms. The Labute approximate surface area is 89.4 Å². The third-order valence-corrected chi connectivity index (χ3v) is 4.75. The number of nitrogens with one attached hydrogen (secondary N) is 2. The molecule has 3 nitrogen and oxygen atoms in total. The molecule has 2 atom stereocenters. The SMILES string of the molecule is CC(=O)NC1CSC2(CCCNC2)C1. The summed E-state index contributed by atoms with van der Waals surface area (Å²) < 4.78 is 0.422. The Bertz CT molecular complexity index is 226. The highest BCUT2D eigenvalue weighted by atomic mass is 32.2. The molecular formula is C10H18N2OS. The topological polar surface area (TPSA) is 41.1 Å². The summed E-state index contributed by atoms with van der Waals surface area (Å²) in [5.74, 6) is 1.19. The first-order chi connectivity index (χ1) is 6.70. The van der Waals surface area contributed by atoms with E-state index in [1.807, 2.05) is 11.8 Å². The number of carbonyl (C=O) groups excluding carboxylic acids is 1. The Hall–Kier alpha value is -0.220. The van der Waals surface area contributed by atoms with Crippen LogP contribution in [0.4, 0.5) is 0 Å². The third-order valence-electron chi connectivity index (χ3n) is 3.05. The second kappa shape index (κ2) is 4.11. The van der Waals surface area contributed by atoms with Crippen LogP contribution in [0.5, 0.6) is 0 Å². The van der Waals surface area contributed by atoms with Gasteiger partial charge in [-0.2, -0.15) is 11.8 Å². The van der Waals surface area contributed by atoms with Crippen molar-refractivity contribution in [3.8, 4) is 0 Å². The molecule has 2 aliphatic rings. The van der Waals surface area contributed by atoms with E-state index in [9.17, 15) is 4.79 Å². The molecule has 2 unspecified atom stereocenters. The van der Waals surface area contributed by atoms with E-state index in [-0.39, 0.29) is 5.91 Å². The predicted octanol–water partition coefficient (Wildman–Crippen LogP) is 0.750. The van der Waals surface area contributed by atoms with Gasteiger partial charge in [-0.05, 0) is 25.8 Å². The lowest BCUT2D eigenvalue weighted by atomic mass is 9.92. The second-order valence-corrected chi connectivity index (χ2v) is 5.86. The number of piperidine rings is 1. The van der Waals surface area contributed by atoms with Gasteiger partial charge in [-0.25, -0.2) is 0 Å². The van der Waals surface area contributed by atoms with Gasteiger partial charge in [0.25, 0.3) is 0 Å². The van der Waals surface area contributed by atoms with Gasteiger partial charge in [-0.3, -0.25) is 4.79 Å². The van der Waals surface area contributed by atoms with Crippen LogP contribution in [0, 0.1) is 0 Å². The number of rotatable bonds is 1. The Morgan fingerprint density at radius 1 is 1.64 bits per heavy atom. The molecule has 0 bridgehead atoms. The van der Waals surface area contributed by atoms with Crippen molar-refractivity contribution in [2.24, 2.45) is 0 Å². The maximum absolute atomic E-state index is 10.9. The summed E-state index contributed by atoms with van der Waals surface area (Å²) in [6.07, 6.45) is 3.73. The van der Waals surface area contributed by atoms with Crippen LogP contribution in [0.3, 0.4) is 0 Å². The average molecular weight is 214 g/mol. The van der Waals surface area contributed by atoms with Crippen LogP contribution in [0.2, 0.25) is 0 Å². The molecule has 2 N–H and O–H groups in total. The van der Waals surface area contributed by atoms with Gasteiger partial charge in [-0.1, -0.05) is 0 Å². The van der Waals surface area contributed by atoms with Gasteiger partial charge in [-0.15, -0.1) is 0 Å². The molecule has 2 aliphatic heterocycles. The van der Waals surface area contributed by atoms with E-state index >= 15 is 0 Å². The molecule has 2 heterocycles. The summed E-state index contributed by atoms with van der Waals surface area (Å²) in [5.41, 5.74) is 0. The summed E-state index contributed by atoms with van der Waals surface area (Å²) in [6, 6.07) is 0.400. The summed E-state index contributed by atoms with van der Waals surface area (Å²) in [7, 11) is 0. The summed E-state index contributed by atoms with van der Waals surface area (Å²) in [4.78, 5) is 10.9. The molecule has 0 aromatic carbocycles. The van der Waals surface area contributed by atoms with Crippen molar-refractivity contribution >= 4 is 17.7 Å². The standard InChI is InChI=1S/C10H18N2OS/c1-8(13)12-9-5-10(14-6-9)3-2-4-11-7-10/h9,11H,2-7H2,1H3,(H,12,13). The molecule has 2 rings (SSSR count). The molecule has 2 saturated heterocycles. The fourth-order valence-electron chi connectivity index (χ4n) is 2.46. The Kier molecular flexibility index (Phi) is 3.02. The largest absolute Gasteiger partial charge is 0.353 e. The lowest BCUT2D eigenvalue weighted by Crippen LogP contribution is -2.43. The minimum atomic E-state index is 0.108. The number of hydrogen-bond acceptors (Lipinski definition) is 3. The Morgan fingerprint density at radius 3 is 3.14 bits per heavy atom. The van der Waals surface area contributed by atoms with Crippen molar-refractivity contribution in [3.63, 3.8) is 0 Å². The first kappa shape index (κ1) is 10.3. The molecular weight excluding hydrogens is 196 g/mol. The van der Waals surface area contributed by atoms with Crippen LogP contribution in [-0.4, -0.2) is 35.5 Å². The van der Waals surface area contributed by atoms with Gasteiger partial charge >= 0.3 is 0 Å². The van der Waals surface area contributed by atoms with E-state index < -0.39 is 0 Å². The van der Waals surface area contributed by atoms with Gasteiger partial charge in [0, 0.05) is 30.0 Å². The summed E-state index contributed by atoms with van der Waals surface area (Å²) in [6.45, 7) is 3.88. The first-order valence-corrected chi connectivity index (χ1v) is 6.31. The number of amides is 1. The number of thioether (sulfide) groups is 1. The number of carbonyl (C=O) groups is 1. The molecule has 2 fully saturated rings. The van der Waals surface area contributed by atoms with Crippen molar-refractivity contribution in [1.82, 2.24) is 10.6 Å². The highest BCUT2D eigenvalue weighted by molar-refractivity contribution is 8.01. The molecule has 0 aliphatic carbocycles. The van der Waals surface area contributed by atoms with Gasteiger partial charge in [0.1, 0.15) is 0 Å². The molecule has 80 valence electrons. The molecule has 0 aromatic heterocycles. The second-order valence-electron chi connectivity index (χ2n) is 4.38. The fourth-order valence-corrected chi connectivity index (χ4v) is 4.03. The quantitative estimate of drug-likeness (QED) is 0.677. The van der Waals surface area contributed by atoms with Crippen LogP contribution in [0.15, 0.2) is 0 Å². The van der Waals surface area contributed by atoms with Crippen molar-refractivity contribution in [2.75, 3.05) is 18.8 Å². The lowest BCUT2D eigenvalue weighted by Gasteiger charge is -2.33. The van der Waals surface area contributed by atoms with E-state index in [0.717, 1.165) is 25.3 Å². The van der Waals surface area contributed by atoms with Crippen molar-refractivity contribution in [3.05, 3.63) is 0 Å². The van der Waals surface area contributed by atoms with Crippen LogP contribution >= 0.6 is 11.8 Å². The summed E-state index contributed by atoms with van der Waals surface area (Å²) in [5, 5.41) is 6.48. The first-order valence-electron chi connectivity index (χ1n) is 5.32. The highest BCUT2D eigenvalue weighted by Crippen LogP contribution is 2.42. The lowest BCUT2D eigenvalue weighted by molar-refractivity contribution is -0.119. The van der Waals surface area contributed by atoms with Crippen LogP contribution in [-0.2, 0) is 4.79 Å². The van der Waals surface area contributed by atoms with Crippen molar-refractivity contribution < 1.29 is 4.79 Å². The van der Waals surface area contributed by atoms with Gasteiger partial charge in [0.05, 0.1) is 0 Å². The van der Waals surface area contributed by atoms with E-state index in [1.54, 1.807) is 6.92 Å². The highest BCUT2D eigenvalue weighted by Gasteiger charge is 2.40. The minimum Gasteiger partial charge on any atom is -0.353 e. The smallest absolute Gasteiger partial charge is 0.217 e. The summed E-state index contributed by atoms with van der Waals surface area (Å²) >= 11 is 2.04. The average Bonchev–Trinajstić information content (AvgIpc) is 2.49. The Morgan fingerprint density at radius 2 is 2.50 bits per heavy atom. The molecule has 1 amide bonds. The van der Waals surface area contributed by atoms with Gasteiger partial charge in [0.2, 0.25) is 5.91 Å². The van der Waals surface area contributed by atoms with Crippen LogP contribution < -0.4 is 10.6 Å². The molecule has 0 saturated carbocycles. The predicted molar refractivity (Wildman–Crippen MR) is 59.5 cm³/mol. The van der Waals surface area contributed by atoms with E-state index in [0.29, 0.717) is 10.8 Å². The zero-order valence-corrected chi connectivity index (χ0v) is 9.45. The molecule has 0 aromatic rings. The third kappa shape index (κ3) is 2.23. The van der Waals surface area contributed by atoms with E-state index in [1.165, 1.54) is 12.8 Å². The molecule has 4 heteroatoms. The zero-order chi connectivity index (χ0) is 10.0. The molecule has 1 spiro atoms. The van der Waals surface area contributed by atoms with E-state index in [4.69, 9.17) is 0 Å². The van der Waals surface area contributed by atoms with Crippen LogP contribution in [0.25, 0.3) is 0 Å². The van der Waals surface area contributed by atoms with Gasteiger partial charge < -0.3 is 10.6 Å². The van der Waals surface area contributed by atoms with Gasteiger partial charge in [0.15, 0.2) is 0 Å². The molecule has 0 radical (unpaired) electrons. The number of hydrogen-bond donors (Lipinski definition) is 2. The maximum atomic E-state index is 10.9. The Balaban J connectivity index is 1.89. The van der Waals surface area contributed by atoms with Crippen molar-refractivity contribution in [1.29, 1.82) is 0 Å². The van der Waals surface area contributed by atoms with Crippen molar-refractivity contribution in [2.45, 2.75) is 37.0 Å². The minimum absolute atomic E-state index is 0.108. The van der Waals surface area contributed by atoms with E-state index in [2.05, 4.69) is 10.6 Å². The zero-order valence-electron chi connectivity index (χ0n) is 8.64. The fraction of sp³-hybridized carbons (Fsp3) is 0.900. The normalized spacial score (nSPS) is 37.4. The monoisotopic (exact) mass is 214 g/mol.